The van der Waals surface area contributed by atoms with E-state index in [4.69, 9.17) is 5.73 Å². The van der Waals surface area contributed by atoms with E-state index in [1.54, 1.807) is 0 Å². The van der Waals surface area contributed by atoms with Crippen LogP contribution in [0, 0.1) is 5.92 Å². The van der Waals surface area contributed by atoms with Gasteiger partial charge in [0.25, 0.3) is 0 Å². The number of nitrogens with zero attached hydrogens (tertiary/aromatic N) is 2. The molecule has 0 radical (unpaired) electrons. The number of hydrogen-bond acceptors (Lipinski definition) is 3. The SMILES string of the molecule is CC(C)C(C)(CN)N1CCCN2CCCC2C1. The van der Waals surface area contributed by atoms with Crippen LogP contribution in [-0.4, -0.2) is 54.1 Å². The summed E-state index contributed by atoms with van der Waals surface area (Å²) in [4.78, 5) is 5.37. The Morgan fingerprint density at radius 3 is 2.59 bits per heavy atom. The minimum atomic E-state index is 0.179. The molecular weight excluding hydrogens is 210 g/mol. The van der Waals surface area contributed by atoms with Crippen molar-refractivity contribution in [1.82, 2.24) is 9.80 Å². The average Bonchev–Trinajstić information content (AvgIpc) is 2.65. The van der Waals surface area contributed by atoms with E-state index in [1.807, 2.05) is 0 Å². The number of rotatable bonds is 3. The fourth-order valence-electron chi connectivity index (χ4n) is 3.40. The second kappa shape index (κ2) is 5.25. The van der Waals surface area contributed by atoms with Gasteiger partial charge in [0.2, 0.25) is 0 Å². The van der Waals surface area contributed by atoms with E-state index in [1.165, 1.54) is 45.4 Å². The lowest BCUT2D eigenvalue weighted by Crippen LogP contribution is -2.57. The number of nitrogens with two attached hydrogens (primary N) is 1. The second-order valence-corrected chi connectivity index (χ2v) is 6.35. The van der Waals surface area contributed by atoms with Crippen molar-refractivity contribution in [3.05, 3.63) is 0 Å². The van der Waals surface area contributed by atoms with Crippen LogP contribution in [0.25, 0.3) is 0 Å². The van der Waals surface area contributed by atoms with Crippen LogP contribution in [0.15, 0.2) is 0 Å². The molecule has 17 heavy (non-hydrogen) atoms. The maximum absolute atomic E-state index is 6.07. The third kappa shape index (κ3) is 2.51. The van der Waals surface area contributed by atoms with Crippen molar-refractivity contribution in [3.8, 4) is 0 Å². The van der Waals surface area contributed by atoms with Gasteiger partial charge in [0.05, 0.1) is 0 Å². The Balaban J connectivity index is 2.09. The first kappa shape index (κ1) is 13.3. The molecular formula is C14H29N3. The minimum absolute atomic E-state index is 0.179. The zero-order chi connectivity index (χ0) is 12.5. The molecule has 2 rings (SSSR count). The maximum Gasteiger partial charge on any atom is 0.0327 e. The van der Waals surface area contributed by atoms with Crippen LogP contribution in [0.5, 0.6) is 0 Å². The van der Waals surface area contributed by atoms with Gasteiger partial charge in [-0.05, 0) is 45.2 Å². The topological polar surface area (TPSA) is 32.5 Å². The van der Waals surface area contributed by atoms with E-state index in [9.17, 15) is 0 Å². The summed E-state index contributed by atoms with van der Waals surface area (Å²) < 4.78 is 0. The number of hydrogen-bond donors (Lipinski definition) is 1. The molecule has 2 atom stereocenters. The van der Waals surface area contributed by atoms with E-state index >= 15 is 0 Å². The van der Waals surface area contributed by atoms with Crippen molar-refractivity contribution in [2.75, 3.05) is 32.7 Å². The molecule has 0 amide bonds. The summed E-state index contributed by atoms with van der Waals surface area (Å²) in [5, 5.41) is 0. The van der Waals surface area contributed by atoms with E-state index in [0.29, 0.717) is 5.92 Å². The molecule has 2 N–H and O–H groups in total. The molecule has 2 saturated heterocycles. The van der Waals surface area contributed by atoms with E-state index in [2.05, 4.69) is 30.6 Å². The van der Waals surface area contributed by atoms with Crippen LogP contribution in [0.2, 0.25) is 0 Å². The lowest BCUT2D eigenvalue weighted by molar-refractivity contribution is 0.0602. The Bertz CT molecular complexity index is 254. The van der Waals surface area contributed by atoms with E-state index in [-0.39, 0.29) is 5.54 Å². The van der Waals surface area contributed by atoms with Crippen LogP contribution in [0.4, 0.5) is 0 Å². The van der Waals surface area contributed by atoms with Crippen LogP contribution < -0.4 is 5.73 Å². The normalized spacial score (nSPS) is 31.2. The summed E-state index contributed by atoms with van der Waals surface area (Å²) >= 11 is 0. The molecule has 0 bridgehead atoms. The Morgan fingerprint density at radius 1 is 1.24 bits per heavy atom. The average molecular weight is 239 g/mol. The highest BCUT2D eigenvalue weighted by Crippen LogP contribution is 2.29. The molecule has 3 heteroatoms. The van der Waals surface area contributed by atoms with E-state index in [0.717, 1.165) is 12.6 Å². The summed E-state index contributed by atoms with van der Waals surface area (Å²) in [5.74, 6) is 0.625. The maximum atomic E-state index is 6.07. The van der Waals surface area contributed by atoms with Gasteiger partial charge in [-0.1, -0.05) is 13.8 Å². The molecule has 2 heterocycles. The zero-order valence-electron chi connectivity index (χ0n) is 11.8. The van der Waals surface area contributed by atoms with Crippen LogP contribution >= 0.6 is 0 Å². The summed E-state index contributed by atoms with van der Waals surface area (Å²) in [6, 6.07) is 0.794. The number of fused-ring (bicyclic) bond motifs is 1. The minimum Gasteiger partial charge on any atom is -0.329 e. The van der Waals surface area contributed by atoms with Gasteiger partial charge in [-0.25, -0.2) is 0 Å². The Kier molecular flexibility index (Phi) is 4.11. The third-order valence-corrected chi connectivity index (χ3v) is 5.18. The Labute approximate surface area is 106 Å². The van der Waals surface area contributed by atoms with Crippen molar-refractivity contribution in [2.45, 2.75) is 51.6 Å². The predicted molar refractivity (Wildman–Crippen MR) is 73.1 cm³/mol. The van der Waals surface area contributed by atoms with Gasteiger partial charge in [0.1, 0.15) is 0 Å². The monoisotopic (exact) mass is 239 g/mol. The molecule has 0 saturated carbocycles. The van der Waals surface area contributed by atoms with Gasteiger partial charge in [-0.2, -0.15) is 0 Å². The fourth-order valence-corrected chi connectivity index (χ4v) is 3.40. The molecule has 2 aliphatic rings. The van der Waals surface area contributed by atoms with Crippen molar-refractivity contribution in [2.24, 2.45) is 11.7 Å². The highest BCUT2D eigenvalue weighted by Gasteiger charge is 2.38. The molecule has 0 aromatic rings. The summed E-state index contributed by atoms with van der Waals surface area (Å²) in [5.41, 5.74) is 6.25. The summed E-state index contributed by atoms with van der Waals surface area (Å²) in [6.45, 7) is 12.8. The molecule has 3 nitrogen and oxygen atoms in total. The molecule has 0 aliphatic carbocycles. The second-order valence-electron chi connectivity index (χ2n) is 6.35. The molecule has 2 fully saturated rings. The van der Waals surface area contributed by atoms with Crippen molar-refractivity contribution < 1.29 is 0 Å². The van der Waals surface area contributed by atoms with Crippen LogP contribution in [-0.2, 0) is 0 Å². The first-order chi connectivity index (χ1) is 8.08. The highest BCUT2D eigenvalue weighted by atomic mass is 15.3. The molecule has 2 unspecified atom stereocenters. The molecule has 0 aromatic carbocycles. The first-order valence-corrected chi connectivity index (χ1v) is 7.27. The first-order valence-electron chi connectivity index (χ1n) is 7.27. The zero-order valence-corrected chi connectivity index (χ0v) is 11.8. The molecule has 0 aromatic heterocycles. The van der Waals surface area contributed by atoms with Gasteiger partial charge in [0.15, 0.2) is 0 Å². The molecule has 0 spiro atoms. The van der Waals surface area contributed by atoms with Crippen molar-refractivity contribution in [1.29, 1.82) is 0 Å². The summed E-state index contributed by atoms with van der Waals surface area (Å²) in [6.07, 6.45) is 4.08. The lowest BCUT2D eigenvalue weighted by Gasteiger charge is -2.44. The van der Waals surface area contributed by atoms with Gasteiger partial charge in [-0.15, -0.1) is 0 Å². The van der Waals surface area contributed by atoms with Gasteiger partial charge in [0, 0.05) is 31.2 Å². The van der Waals surface area contributed by atoms with Crippen LogP contribution in [0.3, 0.4) is 0 Å². The van der Waals surface area contributed by atoms with Gasteiger partial charge in [-0.3, -0.25) is 9.80 Å². The van der Waals surface area contributed by atoms with Gasteiger partial charge >= 0.3 is 0 Å². The summed E-state index contributed by atoms with van der Waals surface area (Å²) in [7, 11) is 0. The predicted octanol–water partition coefficient (Wildman–Crippen LogP) is 1.53. The smallest absolute Gasteiger partial charge is 0.0327 e. The lowest BCUT2D eigenvalue weighted by atomic mass is 9.86. The van der Waals surface area contributed by atoms with Crippen molar-refractivity contribution in [3.63, 3.8) is 0 Å². The fraction of sp³-hybridized carbons (Fsp3) is 1.00. The van der Waals surface area contributed by atoms with E-state index < -0.39 is 0 Å². The largest absolute Gasteiger partial charge is 0.329 e. The quantitative estimate of drug-likeness (QED) is 0.811. The highest BCUT2D eigenvalue weighted by molar-refractivity contribution is 4.95. The molecule has 100 valence electrons. The Morgan fingerprint density at radius 2 is 1.94 bits per heavy atom. The third-order valence-electron chi connectivity index (χ3n) is 5.18. The molecule has 2 aliphatic heterocycles. The van der Waals surface area contributed by atoms with Gasteiger partial charge < -0.3 is 5.73 Å². The van der Waals surface area contributed by atoms with Crippen LogP contribution in [0.1, 0.15) is 40.0 Å². The standard InChI is InChI=1S/C14H29N3/c1-12(2)14(3,11-15)17-9-5-8-16-7-4-6-13(16)10-17/h12-13H,4-11,15H2,1-3H3. The van der Waals surface area contributed by atoms with Crippen molar-refractivity contribution >= 4 is 0 Å². The Hall–Kier alpha value is -0.120.